The molecule has 0 radical (unpaired) electrons. The van der Waals surface area contributed by atoms with E-state index in [-0.39, 0.29) is 11.9 Å². The number of aromatic nitrogens is 1. The van der Waals surface area contributed by atoms with Gasteiger partial charge in [-0.05, 0) is 47.4 Å². The van der Waals surface area contributed by atoms with Gasteiger partial charge < -0.3 is 0 Å². The highest BCUT2D eigenvalue weighted by molar-refractivity contribution is 7.07. The molecule has 0 saturated heterocycles. The van der Waals surface area contributed by atoms with Crippen LogP contribution in [-0.4, -0.2) is 4.98 Å². The Hall–Kier alpha value is -1.30. The molecule has 0 bridgehead atoms. The number of nitrogens with zero attached hydrogens (tertiary/aromatic N) is 1. The van der Waals surface area contributed by atoms with E-state index in [2.05, 4.69) is 27.2 Å². The molecule has 3 N–H and O–H groups in total. The third-order valence-electron chi connectivity index (χ3n) is 2.61. The number of halogens is 1. The summed E-state index contributed by atoms with van der Waals surface area (Å²) in [6.07, 6.45) is 2.98. The summed E-state index contributed by atoms with van der Waals surface area (Å²) in [5.41, 5.74) is 4.78. The van der Waals surface area contributed by atoms with Crippen molar-refractivity contribution in [2.45, 2.75) is 18.9 Å². The topological polar surface area (TPSA) is 50.9 Å². The van der Waals surface area contributed by atoms with Crippen molar-refractivity contribution in [2.75, 3.05) is 0 Å². The minimum atomic E-state index is -0.331. The van der Waals surface area contributed by atoms with Gasteiger partial charge in [0.2, 0.25) is 0 Å². The third-order valence-corrected chi connectivity index (χ3v) is 3.34. The summed E-state index contributed by atoms with van der Waals surface area (Å²) < 4.78 is 12.8. The lowest BCUT2D eigenvalue weighted by Crippen LogP contribution is -2.29. The molecule has 0 spiro atoms. The first-order valence-corrected chi connectivity index (χ1v) is 6.32. The molecule has 0 amide bonds. The maximum atomic E-state index is 12.8. The summed E-state index contributed by atoms with van der Waals surface area (Å²) in [6.45, 7) is 0. The van der Waals surface area contributed by atoms with Crippen molar-refractivity contribution < 1.29 is 4.39 Å². The third kappa shape index (κ3) is 3.33. The number of pyridine rings is 1. The number of nitrogens with two attached hydrogens (primary N) is 1. The number of nitrogens with one attached hydrogen (secondary N) is 1. The van der Waals surface area contributed by atoms with Crippen LogP contribution in [0.1, 0.15) is 23.7 Å². The van der Waals surface area contributed by atoms with Crippen molar-refractivity contribution in [2.24, 2.45) is 5.84 Å². The predicted molar refractivity (Wildman–Crippen MR) is 66.9 cm³/mol. The van der Waals surface area contributed by atoms with E-state index in [1.54, 1.807) is 17.4 Å². The number of hydrazine groups is 1. The molecule has 2 aromatic heterocycles. The lowest BCUT2D eigenvalue weighted by Gasteiger charge is -2.14. The fourth-order valence-corrected chi connectivity index (χ4v) is 2.36. The molecule has 3 nitrogen and oxygen atoms in total. The van der Waals surface area contributed by atoms with Gasteiger partial charge in [0.25, 0.3) is 0 Å². The number of aryl methyl sites for hydroxylation is 1. The van der Waals surface area contributed by atoms with Gasteiger partial charge in [-0.15, -0.1) is 0 Å². The first-order chi connectivity index (χ1) is 8.29. The molecule has 2 heterocycles. The first kappa shape index (κ1) is 12.2. The van der Waals surface area contributed by atoms with Gasteiger partial charge in [-0.2, -0.15) is 11.3 Å². The van der Waals surface area contributed by atoms with Crippen LogP contribution in [0.4, 0.5) is 4.39 Å². The summed E-state index contributed by atoms with van der Waals surface area (Å²) >= 11 is 1.68. The molecule has 90 valence electrons. The maximum absolute atomic E-state index is 12.8. The van der Waals surface area contributed by atoms with Crippen LogP contribution in [-0.2, 0) is 6.42 Å². The van der Waals surface area contributed by atoms with Crippen LogP contribution in [0.15, 0.2) is 35.2 Å². The van der Waals surface area contributed by atoms with Crippen LogP contribution in [0.2, 0.25) is 0 Å². The molecule has 2 rings (SSSR count). The highest BCUT2D eigenvalue weighted by Gasteiger charge is 2.11. The maximum Gasteiger partial charge on any atom is 0.141 e. The van der Waals surface area contributed by atoms with Gasteiger partial charge in [0.1, 0.15) is 5.82 Å². The van der Waals surface area contributed by atoms with Crippen molar-refractivity contribution in [1.82, 2.24) is 10.4 Å². The molecule has 2 aromatic rings. The highest BCUT2D eigenvalue weighted by Crippen LogP contribution is 2.18. The zero-order valence-corrected chi connectivity index (χ0v) is 10.1. The van der Waals surface area contributed by atoms with E-state index in [1.807, 2.05) is 0 Å². The molecule has 0 fully saturated rings. The van der Waals surface area contributed by atoms with Gasteiger partial charge in [-0.3, -0.25) is 16.3 Å². The Morgan fingerprint density at radius 1 is 1.41 bits per heavy atom. The van der Waals surface area contributed by atoms with E-state index >= 15 is 0 Å². The summed E-state index contributed by atoms with van der Waals surface area (Å²) in [5.74, 6) is 5.17. The zero-order chi connectivity index (χ0) is 12.1. The average molecular weight is 251 g/mol. The number of hydrogen-bond acceptors (Lipinski definition) is 4. The molecule has 0 saturated carbocycles. The molecule has 0 aliphatic heterocycles. The van der Waals surface area contributed by atoms with Crippen molar-refractivity contribution in [1.29, 1.82) is 0 Å². The minimum absolute atomic E-state index is 0.0458. The fourth-order valence-electron chi connectivity index (χ4n) is 1.66. The largest absolute Gasteiger partial charge is 0.271 e. The minimum Gasteiger partial charge on any atom is -0.271 e. The SMILES string of the molecule is NNC(CCc1ccsc1)c1ccc(F)cn1. The van der Waals surface area contributed by atoms with Crippen LogP contribution in [0.5, 0.6) is 0 Å². The van der Waals surface area contributed by atoms with Crippen molar-refractivity contribution in [3.63, 3.8) is 0 Å². The van der Waals surface area contributed by atoms with Crippen LogP contribution in [0.25, 0.3) is 0 Å². The van der Waals surface area contributed by atoms with Crippen LogP contribution in [0, 0.1) is 5.82 Å². The van der Waals surface area contributed by atoms with E-state index < -0.39 is 0 Å². The lowest BCUT2D eigenvalue weighted by molar-refractivity contribution is 0.501. The first-order valence-electron chi connectivity index (χ1n) is 5.38. The quantitative estimate of drug-likeness (QED) is 0.634. The van der Waals surface area contributed by atoms with E-state index in [9.17, 15) is 4.39 Å². The lowest BCUT2D eigenvalue weighted by atomic mass is 10.1. The van der Waals surface area contributed by atoms with Gasteiger partial charge in [0.05, 0.1) is 17.9 Å². The van der Waals surface area contributed by atoms with E-state index in [1.165, 1.54) is 17.8 Å². The standard InChI is InChI=1S/C12H14FN3S/c13-10-2-4-11(15-7-10)12(16-14)3-1-9-5-6-17-8-9/h2,4-8,12,16H,1,3,14H2. The predicted octanol–water partition coefficient (Wildman–Crippen LogP) is 2.42. The van der Waals surface area contributed by atoms with Crippen LogP contribution < -0.4 is 11.3 Å². The number of hydrogen-bond donors (Lipinski definition) is 2. The zero-order valence-electron chi connectivity index (χ0n) is 9.27. The molecule has 0 aliphatic rings. The monoisotopic (exact) mass is 251 g/mol. The molecule has 5 heteroatoms. The molecule has 17 heavy (non-hydrogen) atoms. The van der Waals surface area contributed by atoms with Gasteiger partial charge in [0, 0.05) is 0 Å². The van der Waals surface area contributed by atoms with Crippen molar-refractivity contribution in [3.05, 3.63) is 52.2 Å². The Balaban J connectivity index is 1.99. The van der Waals surface area contributed by atoms with Gasteiger partial charge in [-0.25, -0.2) is 4.39 Å². The average Bonchev–Trinajstić information content (AvgIpc) is 2.85. The van der Waals surface area contributed by atoms with Gasteiger partial charge >= 0.3 is 0 Å². The van der Waals surface area contributed by atoms with Crippen LogP contribution in [0.3, 0.4) is 0 Å². The molecular formula is C12H14FN3S. The van der Waals surface area contributed by atoms with E-state index in [4.69, 9.17) is 5.84 Å². The summed E-state index contributed by atoms with van der Waals surface area (Å²) in [6, 6.07) is 5.11. The Morgan fingerprint density at radius 2 is 2.29 bits per heavy atom. The number of rotatable bonds is 5. The molecule has 0 aliphatic carbocycles. The Kier molecular flexibility index (Phi) is 4.19. The normalized spacial score (nSPS) is 12.6. The smallest absolute Gasteiger partial charge is 0.141 e. The highest BCUT2D eigenvalue weighted by atomic mass is 32.1. The second-order valence-corrected chi connectivity index (χ2v) is 4.57. The molecule has 1 unspecified atom stereocenters. The molecule has 1 atom stereocenters. The Labute approximate surface area is 103 Å². The Bertz CT molecular complexity index is 441. The Morgan fingerprint density at radius 3 is 2.88 bits per heavy atom. The van der Waals surface area contributed by atoms with E-state index in [0.717, 1.165) is 18.5 Å². The summed E-state index contributed by atoms with van der Waals surface area (Å²) in [7, 11) is 0. The summed E-state index contributed by atoms with van der Waals surface area (Å²) in [5, 5.41) is 4.17. The van der Waals surface area contributed by atoms with Crippen molar-refractivity contribution in [3.8, 4) is 0 Å². The van der Waals surface area contributed by atoms with Crippen molar-refractivity contribution >= 4 is 11.3 Å². The fraction of sp³-hybridized carbons (Fsp3) is 0.250. The van der Waals surface area contributed by atoms with Gasteiger partial charge in [-0.1, -0.05) is 0 Å². The van der Waals surface area contributed by atoms with E-state index in [0.29, 0.717) is 0 Å². The second kappa shape index (κ2) is 5.86. The van der Waals surface area contributed by atoms with Crippen LogP contribution >= 0.6 is 11.3 Å². The number of thiophene rings is 1. The second-order valence-electron chi connectivity index (χ2n) is 3.79. The summed E-state index contributed by atoms with van der Waals surface area (Å²) in [4.78, 5) is 4.03. The molecule has 0 aromatic carbocycles. The molecular weight excluding hydrogens is 237 g/mol. The van der Waals surface area contributed by atoms with Gasteiger partial charge in [0.15, 0.2) is 0 Å².